The molecule has 0 bridgehead atoms. The summed E-state index contributed by atoms with van der Waals surface area (Å²) in [6.07, 6.45) is 3.43. The average Bonchev–Trinajstić information content (AvgIpc) is 3.02. The molecule has 0 amide bonds. The zero-order chi connectivity index (χ0) is 17.6. The van der Waals surface area contributed by atoms with E-state index >= 15 is 0 Å². The Morgan fingerprint density at radius 1 is 1.20 bits per heavy atom. The SMILES string of the molecule is CC(C)c1nc2n(n1)C[C@H](N[C@@H]1C[C@@H](c3ccccc3)C1(C)C)CC2. The van der Waals surface area contributed by atoms with Crippen LogP contribution in [0.4, 0.5) is 0 Å². The summed E-state index contributed by atoms with van der Waals surface area (Å²) in [6, 6.07) is 12.1. The summed E-state index contributed by atoms with van der Waals surface area (Å²) < 4.78 is 2.14. The summed E-state index contributed by atoms with van der Waals surface area (Å²) in [7, 11) is 0. The van der Waals surface area contributed by atoms with Gasteiger partial charge < -0.3 is 5.32 Å². The highest BCUT2D eigenvalue weighted by Gasteiger charge is 2.49. The molecular formula is C21H30N4. The third kappa shape index (κ3) is 3.01. The van der Waals surface area contributed by atoms with E-state index in [1.807, 2.05) is 0 Å². The van der Waals surface area contributed by atoms with Crippen LogP contribution in [0.2, 0.25) is 0 Å². The number of hydrogen-bond acceptors (Lipinski definition) is 3. The summed E-state index contributed by atoms with van der Waals surface area (Å²) >= 11 is 0. The molecule has 0 unspecified atom stereocenters. The van der Waals surface area contributed by atoms with Gasteiger partial charge >= 0.3 is 0 Å². The lowest BCUT2D eigenvalue weighted by atomic mass is 9.56. The molecule has 1 fully saturated rings. The molecule has 2 aromatic rings. The molecule has 25 heavy (non-hydrogen) atoms. The van der Waals surface area contributed by atoms with E-state index in [9.17, 15) is 0 Å². The van der Waals surface area contributed by atoms with Crippen molar-refractivity contribution in [3.05, 3.63) is 47.5 Å². The predicted octanol–water partition coefficient (Wildman–Crippen LogP) is 3.89. The maximum Gasteiger partial charge on any atom is 0.153 e. The quantitative estimate of drug-likeness (QED) is 0.920. The Balaban J connectivity index is 1.40. The summed E-state index contributed by atoms with van der Waals surface area (Å²) in [5, 5.41) is 8.65. The molecule has 1 saturated carbocycles. The van der Waals surface area contributed by atoms with Crippen molar-refractivity contribution in [1.29, 1.82) is 0 Å². The first-order valence-electron chi connectivity index (χ1n) is 9.69. The van der Waals surface area contributed by atoms with Gasteiger partial charge in [-0.05, 0) is 29.7 Å². The molecule has 1 aliphatic carbocycles. The second-order valence-electron chi connectivity index (χ2n) is 8.70. The molecule has 1 aromatic carbocycles. The van der Waals surface area contributed by atoms with Gasteiger partial charge in [0.2, 0.25) is 0 Å². The highest BCUT2D eigenvalue weighted by molar-refractivity contribution is 5.27. The maximum absolute atomic E-state index is 4.72. The molecule has 2 heterocycles. The number of hydrogen-bond donors (Lipinski definition) is 1. The van der Waals surface area contributed by atoms with Crippen LogP contribution in [0.15, 0.2) is 30.3 Å². The number of nitrogens with zero attached hydrogens (tertiary/aromatic N) is 3. The maximum atomic E-state index is 4.72. The van der Waals surface area contributed by atoms with Gasteiger partial charge in [0.25, 0.3) is 0 Å². The molecule has 4 heteroatoms. The van der Waals surface area contributed by atoms with Crippen LogP contribution in [0.25, 0.3) is 0 Å². The number of benzene rings is 1. The van der Waals surface area contributed by atoms with Crippen LogP contribution in [0.3, 0.4) is 0 Å². The predicted molar refractivity (Wildman–Crippen MR) is 101 cm³/mol. The van der Waals surface area contributed by atoms with Crippen molar-refractivity contribution in [3.63, 3.8) is 0 Å². The van der Waals surface area contributed by atoms with E-state index in [4.69, 9.17) is 10.1 Å². The van der Waals surface area contributed by atoms with Crippen molar-refractivity contribution < 1.29 is 0 Å². The Labute approximate surface area is 151 Å². The molecule has 1 N–H and O–H groups in total. The number of fused-ring (bicyclic) bond motifs is 1. The second kappa shape index (κ2) is 6.24. The summed E-state index contributed by atoms with van der Waals surface area (Å²) in [6.45, 7) is 10.1. The number of rotatable bonds is 4. The zero-order valence-electron chi connectivity index (χ0n) is 15.9. The topological polar surface area (TPSA) is 42.7 Å². The number of nitrogens with one attached hydrogen (secondary N) is 1. The van der Waals surface area contributed by atoms with E-state index in [0.29, 0.717) is 29.3 Å². The fraction of sp³-hybridized carbons (Fsp3) is 0.619. The first-order chi connectivity index (χ1) is 11.9. The normalized spacial score (nSPS) is 27.8. The summed E-state index contributed by atoms with van der Waals surface area (Å²) in [4.78, 5) is 4.70. The fourth-order valence-electron chi connectivity index (χ4n) is 4.45. The van der Waals surface area contributed by atoms with Gasteiger partial charge in [0.1, 0.15) is 5.82 Å². The van der Waals surface area contributed by atoms with E-state index in [-0.39, 0.29) is 0 Å². The molecular weight excluding hydrogens is 308 g/mol. The second-order valence-corrected chi connectivity index (χ2v) is 8.70. The van der Waals surface area contributed by atoms with E-state index in [2.05, 4.69) is 68.0 Å². The van der Waals surface area contributed by atoms with Gasteiger partial charge in [0.05, 0.1) is 6.54 Å². The lowest BCUT2D eigenvalue weighted by Gasteiger charge is -2.54. The minimum Gasteiger partial charge on any atom is -0.309 e. The van der Waals surface area contributed by atoms with Gasteiger partial charge in [-0.3, -0.25) is 0 Å². The van der Waals surface area contributed by atoms with Crippen molar-refractivity contribution in [2.24, 2.45) is 5.41 Å². The standard InChI is InChI=1S/C21H30N4/c1-14(2)20-23-19-11-10-16(13-25(19)24-20)22-18-12-17(21(18,3)4)15-8-6-5-7-9-15/h5-9,14,16-18,22H,10-13H2,1-4H3/t16-,17+,18-/m1/s1. The van der Waals surface area contributed by atoms with Crippen LogP contribution in [0.5, 0.6) is 0 Å². The Kier molecular flexibility index (Phi) is 4.19. The third-order valence-corrected chi connectivity index (χ3v) is 6.30. The molecule has 134 valence electrons. The van der Waals surface area contributed by atoms with Gasteiger partial charge in [-0.2, -0.15) is 5.10 Å². The lowest BCUT2D eigenvalue weighted by molar-refractivity contribution is 0.0548. The van der Waals surface area contributed by atoms with Crippen LogP contribution >= 0.6 is 0 Å². The molecule has 0 saturated heterocycles. The highest BCUT2D eigenvalue weighted by Crippen LogP contribution is 2.52. The fourth-order valence-corrected chi connectivity index (χ4v) is 4.45. The Bertz CT molecular complexity index is 732. The molecule has 4 nitrogen and oxygen atoms in total. The van der Waals surface area contributed by atoms with Crippen LogP contribution in [-0.2, 0) is 13.0 Å². The molecule has 1 aliphatic heterocycles. The van der Waals surface area contributed by atoms with Crippen LogP contribution in [0, 0.1) is 5.41 Å². The highest BCUT2D eigenvalue weighted by atomic mass is 15.4. The van der Waals surface area contributed by atoms with Crippen molar-refractivity contribution in [2.75, 3.05) is 0 Å². The molecule has 3 atom stereocenters. The van der Waals surface area contributed by atoms with Gasteiger partial charge in [0, 0.05) is 24.4 Å². The van der Waals surface area contributed by atoms with Crippen LogP contribution in [0.1, 0.15) is 69.6 Å². The Morgan fingerprint density at radius 2 is 1.96 bits per heavy atom. The first kappa shape index (κ1) is 16.8. The molecule has 1 aromatic heterocycles. The summed E-state index contributed by atoms with van der Waals surface area (Å²) in [5.74, 6) is 3.21. The molecule has 2 aliphatic rings. The van der Waals surface area contributed by atoms with E-state index < -0.39 is 0 Å². The van der Waals surface area contributed by atoms with Gasteiger partial charge in [-0.15, -0.1) is 0 Å². The number of aromatic nitrogens is 3. The van der Waals surface area contributed by atoms with Crippen LogP contribution in [-0.4, -0.2) is 26.8 Å². The van der Waals surface area contributed by atoms with Crippen molar-refractivity contribution >= 4 is 0 Å². The smallest absolute Gasteiger partial charge is 0.153 e. The van der Waals surface area contributed by atoms with Crippen molar-refractivity contribution in [2.45, 2.75) is 77.4 Å². The zero-order valence-corrected chi connectivity index (χ0v) is 15.9. The third-order valence-electron chi connectivity index (χ3n) is 6.30. The van der Waals surface area contributed by atoms with Crippen molar-refractivity contribution in [1.82, 2.24) is 20.1 Å². The van der Waals surface area contributed by atoms with Crippen LogP contribution < -0.4 is 5.32 Å². The summed E-state index contributed by atoms with van der Waals surface area (Å²) in [5.41, 5.74) is 1.78. The molecule has 0 spiro atoms. The van der Waals surface area contributed by atoms with Gasteiger partial charge in [0.15, 0.2) is 5.82 Å². The van der Waals surface area contributed by atoms with Gasteiger partial charge in [-0.25, -0.2) is 9.67 Å². The number of aryl methyl sites for hydroxylation is 1. The van der Waals surface area contributed by atoms with E-state index in [1.165, 1.54) is 18.4 Å². The van der Waals surface area contributed by atoms with E-state index in [1.54, 1.807) is 0 Å². The van der Waals surface area contributed by atoms with E-state index in [0.717, 1.165) is 24.6 Å². The molecule has 4 rings (SSSR count). The minimum atomic E-state index is 0.299. The largest absolute Gasteiger partial charge is 0.309 e. The lowest BCUT2D eigenvalue weighted by Crippen LogP contribution is -2.59. The Hall–Kier alpha value is -1.68. The average molecular weight is 338 g/mol. The monoisotopic (exact) mass is 338 g/mol. The van der Waals surface area contributed by atoms with Crippen molar-refractivity contribution in [3.8, 4) is 0 Å². The minimum absolute atomic E-state index is 0.299. The first-order valence-corrected chi connectivity index (χ1v) is 9.69. The van der Waals surface area contributed by atoms with Gasteiger partial charge in [-0.1, -0.05) is 58.0 Å². The molecule has 0 radical (unpaired) electrons. The Morgan fingerprint density at radius 3 is 2.64 bits per heavy atom.